The van der Waals surface area contributed by atoms with E-state index in [0.29, 0.717) is 5.01 Å². The van der Waals surface area contributed by atoms with Crippen molar-refractivity contribution in [2.75, 3.05) is 18.1 Å². The van der Waals surface area contributed by atoms with Gasteiger partial charge in [-0.25, -0.2) is 31.3 Å². The lowest BCUT2D eigenvalue weighted by atomic mass is 10.4. The molecule has 0 aliphatic carbocycles. The highest BCUT2D eigenvalue weighted by atomic mass is 32.2. The lowest BCUT2D eigenvalue weighted by Gasteiger charge is -2.10. The van der Waals surface area contributed by atoms with E-state index in [1.165, 1.54) is 5.38 Å². The zero-order valence-electron chi connectivity index (χ0n) is 10.9. The van der Waals surface area contributed by atoms with Gasteiger partial charge in [0, 0.05) is 18.3 Å². The number of carboxylic acids is 1. The van der Waals surface area contributed by atoms with Crippen molar-refractivity contribution in [3.8, 4) is 0 Å². The Morgan fingerprint density at radius 2 is 2.24 bits per heavy atom. The second-order valence-corrected chi connectivity index (χ2v) is 9.86. The standard InChI is InChI=1S/C10H14N2O6S3/c13-10(14)8-5-19-9(12-8)1-3-11-21(17,18)7-2-4-20(15,16)6-7/h5,7,11H,1-4,6H2,(H,13,14). The molecule has 2 N–H and O–H groups in total. The van der Waals surface area contributed by atoms with E-state index >= 15 is 0 Å². The third kappa shape index (κ3) is 4.22. The summed E-state index contributed by atoms with van der Waals surface area (Å²) in [4.78, 5) is 14.5. The largest absolute Gasteiger partial charge is 0.476 e. The summed E-state index contributed by atoms with van der Waals surface area (Å²) in [6.45, 7) is 0.0610. The number of hydrogen-bond donors (Lipinski definition) is 2. The number of nitrogens with one attached hydrogen (secondary N) is 1. The molecule has 0 bridgehead atoms. The third-order valence-electron chi connectivity index (χ3n) is 3.04. The van der Waals surface area contributed by atoms with Crippen LogP contribution in [0, 0.1) is 0 Å². The summed E-state index contributed by atoms with van der Waals surface area (Å²) in [7, 11) is -6.94. The van der Waals surface area contributed by atoms with Crippen molar-refractivity contribution < 1.29 is 26.7 Å². The Labute approximate surface area is 126 Å². The zero-order chi connectivity index (χ0) is 15.7. The lowest BCUT2D eigenvalue weighted by molar-refractivity contribution is 0.0691. The summed E-state index contributed by atoms with van der Waals surface area (Å²) >= 11 is 1.14. The Balaban J connectivity index is 1.89. The number of carboxylic acid groups (broad SMARTS) is 1. The first-order valence-corrected chi connectivity index (χ1v) is 10.3. The Bertz CT molecular complexity index is 737. The van der Waals surface area contributed by atoms with Crippen molar-refractivity contribution in [2.45, 2.75) is 18.1 Å². The van der Waals surface area contributed by atoms with Gasteiger partial charge in [-0.3, -0.25) is 0 Å². The molecule has 1 unspecified atom stereocenters. The van der Waals surface area contributed by atoms with Crippen molar-refractivity contribution in [3.05, 3.63) is 16.1 Å². The molecular formula is C10H14N2O6S3. The van der Waals surface area contributed by atoms with Crippen LogP contribution in [0.1, 0.15) is 21.9 Å². The first-order valence-electron chi connectivity index (χ1n) is 6.06. The van der Waals surface area contributed by atoms with Crippen LogP contribution in [0.3, 0.4) is 0 Å². The molecule has 8 nitrogen and oxygen atoms in total. The second-order valence-electron chi connectivity index (χ2n) is 4.65. The summed E-state index contributed by atoms with van der Waals surface area (Å²) in [5.41, 5.74) is -0.0697. The number of sulfone groups is 1. The predicted molar refractivity (Wildman–Crippen MR) is 76.8 cm³/mol. The molecule has 1 aromatic rings. The van der Waals surface area contributed by atoms with Crippen LogP contribution in [-0.4, -0.2) is 56.2 Å². The van der Waals surface area contributed by atoms with E-state index in [2.05, 4.69) is 9.71 Å². The number of sulfonamides is 1. The van der Waals surface area contributed by atoms with Crippen molar-refractivity contribution in [1.29, 1.82) is 0 Å². The van der Waals surface area contributed by atoms with Crippen LogP contribution in [0.2, 0.25) is 0 Å². The molecule has 2 heterocycles. The van der Waals surface area contributed by atoms with Gasteiger partial charge in [-0.2, -0.15) is 0 Å². The van der Waals surface area contributed by atoms with Crippen LogP contribution in [0.4, 0.5) is 0 Å². The van der Waals surface area contributed by atoms with Gasteiger partial charge in [0.2, 0.25) is 10.0 Å². The molecule has 0 saturated carbocycles. The molecule has 118 valence electrons. The van der Waals surface area contributed by atoms with Crippen molar-refractivity contribution >= 4 is 37.2 Å². The van der Waals surface area contributed by atoms with Gasteiger partial charge >= 0.3 is 5.97 Å². The maximum Gasteiger partial charge on any atom is 0.355 e. The highest BCUT2D eigenvalue weighted by Crippen LogP contribution is 2.18. The third-order valence-corrected chi connectivity index (χ3v) is 7.82. The van der Waals surface area contributed by atoms with Gasteiger partial charge in [-0.05, 0) is 6.42 Å². The van der Waals surface area contributed by atoms with Crippen molar-refractivity contribution in [3.63, 3.8) is 0 Å². The van der Waals surface area contributed by atoms with Gasteiger partial charge in [0.25, 0.3) is 0 Å². The van der Waals surface area contributed by atoms with Crippen LogP contribution < -0.4 is 4.72 Å². The van der Waals surface area contributed by atoms with E-state index < -0.39 is 31.1 Å². The van der Waals surface area contributed by atoms with Gasteiger partial charge in [-0.15, -0.1) is 11.3 Å². The minimum absolute atomic E-state index is 0.0610. The van der Waals surface area contributed by atoms with Crippen LogP contribution in [0.25, 0.3) is 0 Å². The number of rotatable bonds is 6. The molecule has 1 atom stereocenters. The molecule has 1 saturated heterocycles. The molecule has 0 radical (unpaired) electrons. The molecule has 1 aliphatic heterocycles. The summed E-state index contributed by atoms with van der Waals surface area (Å²) in [5.74, 6) is -1.58. The van der Waals surface area contributed by atoms with E-state index in [4.69, 9.17) is 5.11 Å². The second kappa shape index (κ2) is 5.99. The maximum absolute atomic E-state index is 11.9. The summed E-state index contributed by atoms with van der Waals surface area (Å²) in [6, 6.07) is 0. The average Bonchev–Trinajstić information content (AvgIpc) is 2.96. The number of nitrogens with zero attached hydrogens (tertiary/aromatic N) is 1. The van der Waals surface area contributed by atoms with Gasteiger partial charge in [0.05, 0.1) is 21.8 Å². The number of hydrogen-bond acceptors (Lipinski definition) is 7. The minimum Gasteiger partial charge on any atom is -0.476 e. The summed E-state index contributed by atoms with van der Waals surface area (Å²) in [6.07, 6.45) is 0.370. The van der Waals surface area contributed by atoms with Gasteiger partial charge in [-0.1, -0.05) is 0 Å². The molecule has 21 heavy (non-hydrogen) atoms. The Morgan fingerprint density at radius 3 is 2.76 bits per heavy atom. The summed E-state index contributed by atoms with van der Waals surface area (Å²) < 4.78 is 48.8. The monoisotopic (exact) mass is 354 g/mol. The van der Waals surface area contributed by atoms with E-state index in [-0.39, 0.29) is 36.6 Å². The van der Waals surface area contributed by atoms with E-state index in [9.17, 15) is 21.6 Å². The first kappa shape index (κ1) is 16.3. The number of aromatic nitrogens is 1. The van der Waals surface area contributed by atoms with Gasteiger partial charge in [0.15, 0.2) is 15.5 Å². The van der Waals surface area contributed by atoms with Crippen molar-refractivity contribution in [2.24, 2.45) is 0 Å². The quantitative estimate of drug-likeness (QED) is 0.703. The van der Waals surface area contributed by atoms with Crippen LogP contribution in [-0.2, 0) is 26.3 Å². The molecule has 11 heteroatoms. The Morgan fingerprint density at radius 1 is 1.52 bits per heavy atom. The fraction of sp³-hybridized carbons (Fsp3) is 0.600. The normalized spacial score (nSPS) is 21.4. The molecular weight excluding hydrogens is 340 g/mol. The highest BCUT2D eigenvalue weighted by Gasteiger charge is 2.36. The SMILES string of the molecule is O=C(O)c1csc(CCNS(=O)(=O)C2CCS(=O)(=O)C2)n1. The smallest absolute Gasteiger partial charge is 0.355 e. The van der Waals surface area contributed by atoms with Gasteiger partial charge < -0.3 is 5.11 Å². The zero-order valence-corrected chi connectivity index (χ0v) is 13.3. The average molecular weight is 354 g/mol. The molecule has 0 amide bonds. The molecule has 1 fully saturated rings. The van der Waals surface area contributed by atoms with Crippen LogP contribution in [0.15, 0.2) is 5.38 Å². The fourth-order valence-electron chi connectivity index (χ4n) is 1.95. The Hall–Kier alpha value is -1.04. The van der Waals surface area contributed by atoms with Crippen LogP contribution >= 0.6 is 11.3 Å². The van der Waals surface area contributed by atoms with E-state index in [1.54, 1.807) is 0 Å². The molecule has 0 aromatic carbocycles. The minimum atomic E-state index is -3.68. The first-order chi connectivity index (χ1) is 9.70. The molecule has 0 spiro atoms. The molecule has 2 rings (SSSR count). The van der Waals surface area contributed by atoms with Gasteiger partial charge in [0.1, 0.15) is 0 Å². The number of carbonyl (C=O) groups is 1. The fourth-order valence-corrected chi connectivity index (χ4v) is 6.80. The Kier molecular flexibility index (Phi) is 4.66. The van der Waals surface area contributed by atoms with E-state index in [1.807, 2.05) is 0 Å². The highest BCUT2D eigenvalue weighted by molar-refractivity contribution is 7.95. The number of thiazole rings is 1. The molecule has 1 aliphatic rings. The predicted octanol–water partition coefficient (Wildman–Crippen LogP) is -0.510. The summed E-state index contributed by atoms with van der Waals surface area (Å²) in [5, 5.41) is 9.71. The van der Waals surface area contributed by atoms with Crippen LogP contribution in [0.5, 0.6) is 0 Å². The lowest BCUT2D eigenvalue weighted by Crippen LogP contribution is -2.36. The maximum atomic E-state index is 11.9. The topological polar surface area (TPSA) is 130 Å². The molecule has 1 aromatic heterocycles. The van der Waals surface area contributed by atoms with Crippen molar-refractivity contribution in [1.82, 2.24) is 9.71 Å². The van der Waals surface area contributed by atoms with E-state index in [0.717, 1.165) is 11.3 Å². The number of aromatic carboxylic acids is 1.